The molecule has 28 heavy (non-hydrogen) atoms. The van der Waals surface area contributed by atoms with Crippen LogP contribution >= 0.6 is 0 Å². The number of hydrogen-bond acceptors (Lipinski definition) is 4. The number of hydrogen-bond donors (Lipinski definition) is 1. The van der Waals surface area contributed by atoms with Gasteiger partial charge in [0.05, 0.1) is 30.9 Å². The first kappa shape index (κ1) is 18.5. The lowest BCUT2D eigenvalue weighted by Gasteiger charge is -2.28. The maximum atomic E-state index is 13.1. The standard InChI is InChI=1S/C20H24N4O4/c1-22-17-5-3-2-4-13(17)10-16(19(22)27)20(28)23-8-9-24-15(12-23)11-14(21-24)6-7-18(25)26/h10-11H,2-9,12H2,1H3,(H,25,26). The van der Waals surface area contributed by atoms with Gasteiger partial charge in [0.15, 0.2) is 0 Å². The topological polar surface area (TPSA) is 97.4 Å². The molecular weight excluding hydrogens is 360 g/mol. The van der Waals surface area contributed by atoms with Crippen LogP contribution in [-0.4, -0.2) is 42.8 Å². The highest BCUT2D eigenvalue weighted by molar-refractivity contribution is 5.94. The van der Waals surface area contributed by atoms with Gasteiger partial charge < -0.3 is 14.6 Å². The number of pyridine rings is 1. The van der Waals surface area contributed by atoms with E-state index < -0.39 is 5.97 Å². The lowest BCUT2D eigenvalue weighted by Crippen LogP contribution is -2.41. The largest absolute Gasteiger partial charge is 0.481 e. The molecule has 2 aromatic rings. The van der Waals surface area contributed by atoms with Crippen LogP contribution < -0.4 is 5.56 Å². The Morgan fingerprint density at radius 1 is 1.18 bits per heavy atom. The van der Waals surface area contributed by atoms with Crippen molar-refractivity contribution in [2.24, 2.45) is 7.05 Å². The van der Waals surface area contributed by atoms with Crippen LogP contribution in [0, 0.1) is 0 Å². The predicted octanol–water partition coefficient (Wildman–Crippen LogP) is 1.13. The van der Waals surface area contributed by atoms with E-state index >= 15 is 0 Å². The summed E-state index contributed by atoms with van der Waals surface area (Å²) in [5.41, 5.74) is 3.75. The predicted molar refractivity (Wildman–Crippen MR) is 101 cm³/mol. The molecule has 0 aromatic carbocycles. The van der Waals surface area contributed by atoms with Crippen molar-refractivity contribution in [2.75, 3.05) is 6.54 Å². The van der Waals surface area contributed by atoms with Gasteiger partial charge in [-0.2, -0.15) is 5.10 Å². The molecule has 2 aliphatic rings. The number of aryl methyl sites for hydroxylation is 2. The third-order valence-corrected chi connectivity index (χ3v) is 5.70. The second-order valence-corrected chi connectivity index (χ2v) is 7.57. The number of fused-ring (bicyclic) bond motifs is 2. The summed E-state index contributed by atoms with van der Waals surface area (Å²) in [5.74, 6) is -1.10. The van der Waals surface area contributed by atoms with E-state index in [9.17, 15) is 14.4 Å². The zero-order chi connectivity index (χ0) is 19.8. The highest BCUT2D eigenvalue weighted by atomic mass is 16.4. The Balaban J connectivity index is 1.56. The summed E-state index contributed by atoms with van der Waals surface area (Å²) >= 11 is 0. The van der Waals surface area contributed by atoms with Crippen LogP contribution in [-0.2, 0) is 44.2 Å². The van der Waals surface area contributed by atoms with E-state index in [0.717, 1.165) is 48.3 Å². The van der Waals surface area contributed by atoms with Crippen LogP contribution in [0.1, 0.15) is 52.3 Å². The molecule has 0 atom stereocenters. The number of nitrogens with zero attached hydrogens (tertiary/aromatic N) is 4. The number of carbonyl (C=O) groups excluding carboxylic acids is 1. The first-order valence-corrected chi connectivity index (χ1v) is 9.72. The molecule has 148 valence electrons. The molecule has 0 spiro atoms. The van der Waals surface area contributed by atoms with Crippen molar-refractivity contribution in [1.29, 1.82) is 0 Å². The van der Waals surface area contributed by atoms with Crippen molar-refractivity contribution in [2.45, 2.75) is 51.6 Å². The smallest absolute Gasteiger partial charge is 0.303 e. The van der Waals surface area contributed by atoms with Gasteiger partial charge >= 0.3 is 5.97 Å². The summed E-state index contributed by atoms with van der Waals surface area (Å²) in [4.78, 5) is 38.3. The molecule has 0 unspecified atom stereocenters. The quantitative estimate of drug-likeness (QED) is 0.852. The van der Waals surface area contributed by atoms with Gasteiger partial charge in [-0.1, -0.05) is 0 Å². The Labute approximate surface area is 162 Å². The van der Waals surface area contributed by atoms with Crippen LogP contribution in [0.25, 0.3) is 0 Å². The maximum Gasteiger partial charge on any atom is 0.303 e. The molecule has 1 amide bonds. The molecule has 4 rings (SSSR count). The van der Waals surface area contributed by atoms with E-state index in [1.54, 1.807) is 22.6 Å². The monoisotopic (exact) mass is 384 g/mol. The Bertz CT molecular complexity index is 1000. The van der Waals surface area contributed by atoms with E-state index in [2.05, 4.69) is 5.10 Å². The first-order chi connectivity index (χ1) is 13.4. The van der Waals surface area contributed by atoms with Gasteiger partial charge in [-0.05, 0) is 43.4 Å². The number of carbonyl (C=O) groups is 2. The SMILES string of the molecule is Cn1c2c(cc(C(=O)N3CCn4nc(CCC(=O)O)cc4C3)c1=O)CCCC2. The Morgan fingerprint density at radius 2 is 1.96 bits per heavy atom. The second kappa shape index (κ2) is 7.26. The summed E-state index contributed by atoms with van der Waals surface area (Å²) in [6.07, 6.45) is 4.36. The van der Waals surface area contributed by atoms with Gasteiger partial charge in [-0.15, -0.1) is 0 Å². The Kier molecular flexibility index (Phi) is 4.78. The zero-order valence-corrected chi connectivity index (χ0v) is 16.0. The van der Waals surface area contributed by atoms with Crippen molar-refractivity contribution in [3.05, 3.63) is 50.7 Å². The van der Waals surface area contributed by atoms with E-state index in [1.807, 2.05) is 10.7 Å². The number of carboxylic acid groups (broad SMARTS) is 1. The fraction of sp³-hybridized carbons (Fsp3) is 0.500. The van der Waals surface area contributed by atoms with Gasteiger partial charge in [0.1, 0.15) is 5.56 Å². The number of aromatic nitrogens is 3. The first-order valence-electron chi connectivity index (χ1n) is 9.72. The van der Waals surface area contributed by atoms with Gasteiger partial charge in [0.2, 0.25) is 0 Å². The fourth-order valence-electron chi connectivity index (χ4n) is 4.17. The molecule has 0 saturated heterocycles. The van der Waals surface area contributed by atoms with Crippen LogP contribution in [0.2, 0.25) is 0 Å². The minimum Gasteiger partial charge on any atom is -0.481 e. The maximum absolute atomic E-state index is 13.1. The third-order valence-electron chi connectivity index (χ3n) is 5.70. The molecule has 8 heteroatoms. The lowest BCUT2D eigenvalue weighted by atomic mass is 9.94. The summed E-state index contributed by atoms with van der Waals surface area (Å²) in [6.45, 7) is 1.39. The average Bonchev–Trinajstić information content (AvgIpc) is 3.11. The molecule has 0 fully saturated rings. The second-order valence-electron chi connectivity index (χ2n) is 7.57. The minimum atomic E-state index is -0.856. The number of amides is 1. The minimum absolute atomic E-state index is 0.0320. The molecule has 1 aliphatic carbocycles. The van der Waals surface area contributed by atoms with Crippen molar-refractivity contribution in [1.82, 2.24) is 19.2 Å². The van der Waals surface area contributed by atoms with Gasteiger partial charge in [0, 0.05) is 25.7 Å². The van der Waals surface area contributed by atoms with Crippen LogP contribution in [0.3, 0.4) is 0 Å². The normalized spacial score (nSPS) is 15.8. The highest BCUT2D eigenvalue weighted by Gasteiger charge is 2.27. The van der Waals surface area contributed by atoms with E-state index in [-0.39, 0.29) is 23.5 Å². The van der Waals surface area contributed by atoms with Gasteiger partial charge in [-0.3, -0.25) is 19.1 Å². The molecule has 8 nitrogen and oxygen atoms in total. The average molecular weight is 384 g/mol. The fourth-order valence-corrected chi connectivity index (χ4v) is 4.17. The van der Waals surface area contributed by atoms with Crippen LogP contribution in [0.4, 0.5) is 0 Å². The summed E-state index contributed by atoms with van der Waals surface area (Å²) < 4.78 is 3.46. The Hall–Kier alpha value is -2.90. The van der Waals surface area contributed by atoms with Crippen molar-refractivity contribution in [3.63, 3.8) is 0 Å². The van der Waals surface area contributed by atoms with Crippen LogP contribution in [0.5, 0.6) is 0 Å². The van der Waals surface area contributed by atoms with Crippen molar-refractivity contribution >= 4 is 11.9 Å². The van der Waals surface area contributed by atoms with E-state index in [0.29, 0.717) is 26.1 Å². The number of rotatable bonds is 4. The summed E-state index contributed by atoms with van der Waals surface area (Å²) in [5, 5.41) is 13.3. The highest BCUT2D eigenvalue weighted by Crippen LogP contribution is 2.22. The molecule has 3 heterocycles. The Morgan fingerprint density at radius 3 is 2.75 bits per heavy atom. The lowest BCUT2D eigenvalue weighted by molar-refractivity contribution is -0.136. The van der Waals surface area contributed by atoms with E-state index in [4.69, 9.17) is 5.11 Å². The number of carboxylic acids is 1. The molecule has 1 N–H and O–H groups in total. The molecule has 0 radical (unpaired) electrons. The molecule has 0 bridgehead atoms. The molecular formula is C20H24N4O4. The molecule has 2 aromatic heterocycles. The van der Waals surface area contributed by atoms with Crippen molar-refractivity contribution in [3.8, 4) is 0 Å². The van der Waals surface area contributed by atoms with E-state index in [1.165, 1.54) is 0 Å². The molecule has 0 saturated carbocycles. The summed E-state index contributed by atoms with van der Waals surface area (Å²) in [6, 6.07) is 3.65. The van der Waals surface area contributed by atoms with Crippen molar-refractivity contribution < 1.29 is 14.7 Å². The van der Waals surface area contributed by atoms with Crippen LogP contribution in [0.15, 0.2) is 16.9 Å². The zero-order valence-electron chi connectivity index (χ0n) is 16.0. The number of aliphatic carboxylic acids is 1. The van der Waals surface area contributed by atoms with Gasteiger partial charge in [-0.25, -0.2) is 0 Å². The summed E-state index contributed by atoms with van der Waals surface area (Å²) in [7, 11) is 1.75. The molecule has 1 aliphatic heterocycles. The third kappa shape index (κ3) is 3.34. The van der Waals surface area contributed by atoms with Gasteiger partial charge in [0.25, 0.3) is 11.5 Å².